The van der Waals surface area contributed by atoms with Gasteiger partial charge in [-0.2, -0.15) is 0 Å². The average Bonchev–Trinajstić information content (AvgIpc) is 3.54. The number of aromatic nitrogens is 4. The molecule has 2 saturated heterocycles. The summed E-state index contributed by atoms with van der Waals surface area (Å²) in [6, 6.07) is 3.91. The number of carbonyl (C=O) groups excluding carboxylic acids is 1. The van der Waals surface area contributed by atoms with E-state index in [1.807, 2.05) is 56.7 Å². The van der Waals surface area contributed by atoms with E-state index in [4.69, 9.17) is 18.9 Å². The number of fused-ring (bicyclic) bond motifs is 2. The first kappa shape index (κ1) is 24.1. The number of nitrogens with zero attached hydrogens (tertiary/aromatic N) is 5. The molecule has 0 radical (unpaired) electrons. The van der Waals surface area contributed by atoms with Crippen molar-refractivity contribution in [1.29, 1.82) is 0 Å². The third-order valence-corrected chi connectivity index (χ3v) is 6.77. The summed E-state index contributed by atoms with van der Waals surface area (Å²) in [6.45, 7) is 11.7. The molecule has 5 rings (SSSR count). The fourth-order valence-electron chi connectivity index (χ4n) is 4.54. The van der Waals surface area contributed by atoms with Crippen molar-refractivity contribution >= 4 is 34.4 Å². The van der Waals surface area contributed by atoms with Gasteiger partial charge in [0.05, 0.1) is 19.0 Å². The second-order valence-electron chi connectivity index (χ2n) is 10.2. The van der Waals surface area contributed by atoms with Crippen LogP contribution >= 0.6 is 11.3 Å². The molecule has 0 N–H and O–H groups in total. The molecule has 0 aliphatic carbocycles. The van der Waals surface area contributed by atoms with Crippen LogP contribution < -0.4 is 4.90 Å². The third-order valence-electron chi connectivity index (χ3n) is 5.90. The molecular formula is C24H31N5O5S. The van der Waals surface area contributed by atoms with Crippen molar-refractivity contribution in [2.75, 3.05) is 4.90 Å². The van der Waals surface area contributed by atoms with Crippen molar-refractivity contribution in [1.82, 2.24) is 19.5 Å². The van der Waals surface area contributed by atoms with E-state index in [-0.39, 0.29) is 18.3 Å². The molecule has 2 fully saturated rings. The first-order valence-electron chi connectivity index (χ1n) is 11.8. The Hall–Kier alpha value is -2.60. The van der Waals surface area contributed by atoms with Gasteiger partial charge < -0.3 is 18.9 Å². The molecule has 0 aromatic carbocycles. The Morgan fingerprint density at radius 1 is 1.23 bits per heavy atom. The molecule has 5 heterocycles. The molecule has 0 saturated carbocycles. The summed E-state index contributed by atoms with van der Waals surface area (Å²) in [5.74, 6) is -0.322. The van der Waals surface area contributed by atoms with Gasteiger partial charge in [-0.25, -0.2) is 19.7 Å². The number of imidazole rings is 1. The van der Waals surface area contributed by atoms with Crippen LogP contribution in [0.5, 0.6) is 0 Å². The SMILES string of the molecule is CC[C@H]1O[C@@H](n2cnc3c(N(Cc4cccs4)C(=O)OC(C)(C)C)ncnc32)[C@H]2OC(C)(C)OC12. The molecular weight excluding hydrogens is 470 g/mol. The lowest BCUT2D eigenvalue weighted by atomic mass is 10.1. The Balaban J connectivity index is 1.53. The maximum absolute atomic E-state index is 13.2. The highest BCUT2D eigenvalue weighted by molar-refractivity contribution is 7.09. The molecule has 35 heavy (non-hydrogen) atoms. The van der Waals surface area contributed by atoms with E-state index in [2.05, 4.69) is 21.9 Å². The standard InChI is InChI=1S/C24H31N5O5S/c1-7-15-17-18(33-24(5,6)32-17)21(31-15)29-13-27-16-19(25-12-26-20(16)29)28(11-14-9-8-10-35-14)22(30)34-23(2,3)4/h8-10,12-13,15,17-18,21H,7,11H2,1-6H3/t15-,17?,18+,21-/m1/s1. The van der Waals surface area contributed by atoms with Crippen molar-refractivity contribution in [3.8, 4) is 0 Å². The maximum atomic E-state index is 13.2. The highest BCUT2D eigenvalue weighted by atomic mass is 32.1. The monoisotopic (exact) mass is 501 g/mol. The van der Waals surface area contributed by atoms with Crippen LogP contribution in [0.4, 0.5) is 10.6 Å². The summed E-state index contributed by atoms with van der Waals surface area (Å²) in [7, 11) is 0. The molecule has 3 aromatic heterocycles. The first-order valence-corrected chi connectivity index (χ1v) is 12.7. The zero-order valence-corrected chi connectivity index (χ0v) is 21.6. The van der Waals surface area contributed by atoms with Gasteiger partial charge in [0, 0.05) is 4.88 Å². The topological polar surface area (TPSA) is 101 Å². The average molecular weight is 502 g/mol. The van der Waals surface area contributed by atoms with Crippen molar-refractivity contribution in [2.24, 2.45) is 0 Å². The van der Waals surface area contributed by atoms with E-state index >= 15 is 0 Å². The number of thiophene rings is 1. The lowest BCUT2D eigenvalue weighted by molar-refractivity contribution is -0.196. The van der Waals surface area contributed by atoms with Crippen LogP contribution in [0.2, 0.25) is 0 Å². The molecule has 2 aliphatic rings. The lowest BCUT2D eigenvalue weighted by Gasteiger charge is -2.26. The van der Waals surface area contributed by atoms with E-state index in [9.17, 15) is 4.79 Å². The summed E-state index contributed by atoms with van der Waals surface area (Å²) in [6.07, 6.45) is 2.32. The first-order chi connectivity index (χ1) is 16.6. The van der Waals surface area contributed by atoms with E-state index < -0.39 is 23.7 Å². The second-order valence-corrected chi connectivity index (χ2v) is 11.2. The van der Waals surface area contributed by atoms with Gasteiger partial charge in [-0.1, -0.05) is 13.0 Å². The summed E-state index contributed by atoms with van der Waals surface area (Å²) in [4.78, 5) is 29.3. The summed E-state index contributed by atoms with van der Waals surface area (Å²) >= 11 is 1.56. The molecule has 0 bridgehead atoms. The smallest absolute Gasteiger partial charge is 0.416 e. The lowest BCUT2D eigenvalue weighted by Crippen LogP contribution is -2.37. The van der Waals surface area contributed by atoms with Crippen LogP contribution in [0.15, 0.2) is 30.2 Å². The van der Waals surface area contributed by atoms with Gasteiger partial charge in [0.25, 0.3) is 0 Å². The molecule has 4 atom stereocenters. The Morgan fingerprint density at radius 2 is 2.00 bits per heavy atom. The highest BCUT2D eigenvalue weighted by Crippen LogP contribution is 2.44. The predicted octanol–water partition coefficient (Wildman–Crippen LogP) is 4.66. The van der Waals surface area contributed by atoms with Gasteiger partial charge in [-0.15, -0.1) is 11.3 Å². The zero-order chi connectivity index (χ0) is 25.0. The van der Waals surface area contributed by atoms with Crippen molar-refractivity contribution in [2.45, 2.75) is 90.4 Å². The number of carbonyl (C=O) groups is 1. The molecule has 1 unspecified atom stereocenters. The fraction of sp³-hybridized carbons (Fsp3) is 0.583. The minimum absolute atomic E-state index is 0.109. The predicted molar refractivity (Wildman–Crippen MR) is 130 cm³/mol. The second kappa shape index (κ2) is 8.81. The largest absolute Gasteiger partial charge is 0.443 e. The van der Waals surface area contributed by atoms with Gasteiger partial charge in [0.2, 0.25) is 0 Å². The van der Waals surface area contributed by atoms with Crippen LogP contribution in [0.3, 0.4) is 0 Å². The van der Waals surface area contributed by atoms with Gasteiger partial charge in [-0.3, -0.25) is 9.47 Å². The van der Waals surface area contributed by atoms with Gasteiger partial charge in [0.1, 0.15) is 24.1 Å². The Labute approximate surface area is 208 Å². The van der Waals surface area contributed by atoms with Gasteiger partial charge in [-0.05, 0) is 52.5 Å². The number of rotatable bonds is 5. The Bertz CT molecular complexity index is 1200. The molecule has 188 valence electrons. The Morgan fingerprint density at radius 3 is 2.69 bits per heavy atom. The fourth-order valence-corrected chi connectivity index (χ4v) is 5.23. The van der Waals surface area contributed by atoms with Crippen LogP contribution in [0.25, 0.3) is 11.2 Å². The molecule has 2 aliphatic heterocycles. The van der Waals surface area contributed by atoms with Crippen LogP contribution in [0.1, 0.15) is 59.1 Å². The summed E-state index contributed by atoms with van der Waals surface area (Å²) < 4.78 is 26.2. The zero-order valence-electron chi connectivity index (χ0n) is 20.8. The molecule has 11 heteroatoms. The molecule has 10 nitrogen and oxygen atoms in total. The van der Waals surface area contributed by atoms with E-state index in [0.29, 0.717) is 23.5 Å². The van der Waals surface area contributed by atoms with E-state index in [1.165, 1.54) is 11.2 Å². The minimum Gasteiger partial charge on any atom is -0.443 e. The van der Waals surface area contributed by atoms with Crippen molar-refractivity contribution < 1.29 is 23.7 Å². The van der Waals surface area contributed by atoms with Crippen LogP contribution in [0, 0.1) is 0 Å². The van der Waals surface area contributed by atoms with Gasteiger partial charge in [0.15, 0.2) is 29.0 Å². The number of hydrogen-bond donors (Lipinski definition) is 0. The molecule has 0 spiro atoms. The maximum Gasteiger partial charge on any atom is 0.416 e. The summed E-state index contributed by atoms with van der Waals surface area (Å²) in [5, 5.41) is 1.97. The molecule has 3 aromatic rings. The highest BCUT2D eigenvalue weighted by Gasteiger charge is 2.55. The summed E-state index contributed by atoms with van der Waals surface area (Å²) in [5.41, 5.74) is 0.363. The Kier molecular flexibility index (Phi) is 6.07. The van der Waals surface area contributed by atoms with Crippen LogP contribution in [-0.4, -0.2) is 55.3 Å². The normalized spacial score (nSPS) is 25.7. The van der Waals surface area contributed by atoms with Gasteiger partial charge >= 0.3 is 6.09 Å². The van der Waals surface area contributed by atoms with E-state index in [1.54, 1.807) is 17.7 Å². The third kappa shape index (κ3) is 4.65. The van der Waals surface area contributed by atoms with Crippen molar-refractivity contribution in [3.05, 3.63) is 35.0 Å². The number of amides is 1. The molecule has 1 amide bonds. The van der Waals surface area contributed by atoms with Crippen molar-refractivity contribution in [3.63, 3.8) is 0 Å². The number of ether oxygens (including phenoxy) is 4. The van der Waals surface area contributed by atoms with Crippen LogP contribution in [-0.2, 0) is 25.5 Å². The van der Waals surface area contributed by atoms with E-state index in [0.717, 1.165) is 11.3 Å². The quantitative estimate of drug-likeness (QED) is 0.498. The number of anilines is 1. The number of hydrogen-bond acceptors (Lipinski definition) is 9. The minimum atomic E-state index is -0.699.